The molecule has 0 aliphatic carbocycles. The summed E-state index contributed by atoms with van der Waals surface area (Å²) < 4.78 is 6.52. The molecule has 0 aromatic heterocycles. The van der Waals surface area contributed by atoms with Crippen LogP contribution >= 0.6 is 0 Å². The normalized spacial score (nSPS) is 13.1. The van der Waals surface area contributed by atoms with E-state index in [0.717, 1.165) is 26.2 Å². The number of hydrogen-bond donors (Lipinski definition) is 0. The van der Waals surface area contributed by atoms with E-state index in [4.69, 9.17) is 4.43 Å². The molecule has 0 spiro atoms. The van der Waals surface area contributed by atoms with Gasteiger partial charge >= 0.3 is 0 Å². The summed E-state index contributed by atoms with van der Waals surface area (Å²) in [6.45, 7) is 21.9. The van der Waals surface area contributed by atoms with Crippen LogP contribution in [0.1, 0.15) is 86.5 Å². The maximum absolute atomic E-state index is 6.52. The Kier molecular flexibility index (Phi) is 18.4. The van der Waals surface area contributed by atoms with Crippen molar-refractivity contribution < 1.29 is 4.43 Å². The fourth-order valence-corrected chi connectivity index (χ4v) is 8.43. The first-order valence-corrected chi connectivity index (χ1v) is 16.5. The molecule has 5 heteroatoms. The molecule has 0 atom stereocenters. The van der Waals surface area contributed by atoms with Crippen LogP contribution in [0.15, 0.2) is 0 Å². The zero-order valence-electron chi connectivity index (χ0n) is 23.8. The van der Waals surface area contributed by atoms with E-state index >= 15 is 0 Å². The average molecular weight is 472 g/mol. The first-order valence-electron chi connectivity index (χ1n) is 13.9. The lowest BCUT2D eigenvalue weighted by Crippen LogP contribution is -2.39. The summed E-state index contributed by atoms with van der Waals surface area (Å²) >= 11 is 0. The van der Waals surface area contributed by atoms with Crippen LogP contribution in [-0.4, -0.2) is 90.0 Å². The van der Waals surface area contributed by atoms with Crippen molar-refractivity contribution in [1.29, 1.82) is 0 Å². The molecule has 0 amide bonds. The van der Waals surface area contributed by atoms with Crippen LogP contribution in [0.3, 0.4) is 0 Å². The fourth-order valence-electron chi connectivity index (χ4n) is 5.08. The van der Waals surface area contributed by atoms with Crippen molar-refractivity contribution in [2.75, 3.05) is 67.0 Å². The topological polar surface area (TPSA) is 19.0 Å². The largest absolute Gasteiger partial charge is 0.417 e. The Bertz CT molecular complexity index is 390. The van der Waals surface area contributed by atoms with Gasteiger partial charge in [0.2, 0.25) is 0 Å². The van der Waals surface area contributed by atoms with Crippen LogP contribution in [0.4, 0.5) is 0 Å². The predicted octanol–water partition coefficient (Wildman–Crippen LogP) is 6.58. The molecule has 0 bridgehead atoms. The van der Waals surface area contributed by atoms with E-state index in [1.54, 1.807) is 0 Å². The Labute approximate surface area is 204 Å². The third kappa shape index (κ3) is 13.1. The van der Waals surface area contributed by atoms with Crippen molar-refractivity contribution in [2.24, 2.45) is 5.41 Å². The Morgan fingerprint density at radius 3 is 1.25 bits per heavy atom. The lowest BCUT2D eigenvalue weighted by Gasteiger charge is -2.39. The monoisotopic (exact) mass is 471 g/mol. The summed E-state index contributed by atoms with van der Waals surface area (Å²) in [5.74, 6) is 0. The molecular formula is C27H61N3OSi. The maximum atomic E-state index is 6.52. The van der Waals surface area contributed by atoms with Crippen molar-refractivity contribution in [3.63, 3.8) is 0 Å². The van der Waals surface area contributed by atoms with Crippen molar-refractivity contribution >= 4 is 8.32 Å². The highest BCUT2D eigenvalue weighted by molar-refractivity contribution is 6.73. The van der Waals surface area contributed by atoms with E-state index in [-0.39, 0.29) is 0 Å². The Balaban J connectivity index is 5.51. The van der Waals surface area contributed by atoms with Gasteiger partial charge < -0.3 is 19.1 Å². The van der Waals surface area contributed by atoms with Gasteiger partial charge in [-0.2, -0.15) is 0 Å². The number of hydrogen-bond acceptors (Lipinski definition) is 4. The summed E-state index contributed by atoms with van der Waals surface area (Å²) in [7, 11) is 5.23. The highest BCUT2D eigenvalue weighted by atomic mass is 28.4. The molecule has 0 aliphatic heterocycles. The van der Waals surface area contributed by atoms with Crippen LogP contribution in [-0.2, 0) is 4.43 Å². The van der Waals surface area contributed by atoms with Crippen molar-refractivity contribution in [3.05, 3.63) is 0 Å². The lowest BCUT2D eigenvalue weighted by molar-refractivity contribution is 0.162. The van der Waals surface area contributed by atoms with Gasteiger partial charge in [0.25, 0.3) is 0 Å². The SMILES string of the molecule is CCO[Si](CC)(CC)CCC(CCCN(C)CC)(CCCN(C)CC)CCCN(C)CC. The van der Waals surface area contributed by atoms with Gasteiger partial charge in [-0.3, -0.25) is 0 Å². The van der Waals surface area contributed by atoms with Gasteiger partial charge in [0.05, 0.1) is 0 Å². The highest BCUT2D eigenvalue weighted by Gasteiger charge is 2.36. The minimum Gasteiger partial charge on any atom is -0.417 e. The molecule has 0 aromatic rings. The van der Waals surface area contributed by atoms with Gasteiger partial charge in [-0.25, -0.2) is 0 Å². The first-order chi connectivity index (χ1) is 15.3. The molecule has 0 rings (SSSR count). The summed E-state index contributed by atoms with van der Waals surface area (Å²) in [5, 5.41) is 0. The van der Waals surface area contributed by atoms with E-state index in [2.05, 4.69) is 77.4 Å². The molecule has 194 valence electrons. The summed E-state index contributed by atoms with van der Waals surface area (Å²) in [6.07, 6.45) is 9.52. The minimum absolute atomic E-state index is 0.484. The molecule has 0 N–H and O–H groups in total. The van der Waals surface area contributed by atoms with Gasteiger partial charge in [0.15, 0.2) is 8.32 Å². The standard InChI is InChI=1S/C27H61N3OSi/c1-10-28(7)23-16-19-27(20-17-24-29(8)11-2,21-18-25-30(9)12-3)22-26-32(14-5,15-6)31-13-4/h10-26H2,1-9H3. The molecule has 0 saturated heterocycles. The Hall–Kier alpha value is 0.0569. The summed E-state index contributed by atoms with van der Waals surface area (Å²) in [4.78, 5) is 7.45. The Morgan fingerprint density at radius 2 is 0.969 bits per heavy atom. The molecule has 32 heavy (non-hydrogen) atoms. The van der Waals surface area contributed by atoms with Gasteiger partial charge in [0.1, 0.15) is 0 Å². The molecule has 0 saturated carbocycles. The van der Waals surface area contributed by atoms with E-state index in [1.165, 1.54) is 82.7 Å². The minimum atomic E-state index is -1.59. The zero-order valence-corrected chi connectivity index (χ0v) is 24.8. The van der Waals surface area contributed by atoms with Crippen LogP contribution in [0.25, 0.3) is 0 Å². The predicted molar refractivity (Wildman–Crippen MR) is 147 cm³/mol. The van der Waals surface area contributed by atoms with E-state index in [0.29, 0.717) is 5.41 Å². The second-order valence-corrected chi connectivity index (χ2v) is 14.9. The average Bonchev–Trinajstić information content (AvgIpc) is 2.81. The molecular weight excluding hydrogens is 410 g/mol. The molecule has 0 heterocycles. The smallest absolute Gasteiger partial charge is 0.192 e. The van der Waals surface area contributed by atoms with Crippen molar-refractivity contribution in [1.82, 2.24) is 14.7 Å². The zero-order chi connectivity index (χ0) is 24.5. The maximum Gasteiger partial charge on any atom is 0.192 e. The van der Waals surface area contributed by atoms with Crippen LogP contribution < -0.4 is 0 Å². The first kappa shape index (κ1) is 32.1. The second kappa shape index (κ2) is 18.4. The number of nitrogens with zero attached hydrogens (tertiary/aromatic N) is 3. The number of rotatable bonds is 22. The van der Waals surface area contributed by atoms with Crippen molar-refractivity contribution in [2.45, 2.75) is 105 Å². The third-order valence-corrected chi connectivity index (χ3v) is 12.9. The van der Waals surface area contributed by atoms with Gasteiger partial charge in [-0.15, -0.1) is 0 Å². The van der Waals surface area contributed by atoms with Gasteiger partial charge in [-0.1, -0.05) is 34.6 Å². The highest BCUT2D eigenvalue weighted by Crippen LogP contribution is 2.42. The molecule has 0 aliphatic rings. The third-order valence-electron chi connectivity index (χ3n) is 8.21. The quantitative estimate of drug-likeness (QED) is 0.166. The van der Waals surface area contributed by atoms with Crippen LogP contribution in [0, 0.1) is 5.41 Å². The van der Waals surface area contributed by atoms with Gasteiger partial charge in [0, 0.05) is 6.61 Å². The second-order valence-electron chi connectivity index (χ2n) is 10.3. The van der Waals surface area contributed by atoms with Crippen molar-refractivity contribution in [3.8, 4) is 0 Å². The van der Waals surface area contributed by atoms with Crippen LogP contribution in [0.2, 0.25) is 18.1 Å². The van der Waals surface area contributed by atoms with Gasteiger partial charge in [-0.05, 0) is 136 Å². The van der Waals surface area contributed by atoms with E-state index in [1.807, 2.05) is 0 Å². The molecule has 0 fully saturated rings. The van der Waals surface area contributed by atoms with E-state index < -0.39 is 8.32 Å². The summed E-state index contributed by atoms with van der Waals surface area (Å²) in [5.41, 5.74) is 0.484. The lowest BCUT2D eigenvalue weighted by atomic mass is 9.73. The molecule has 0 aromatic carbocycles. The van der Waals surface area contributed by atoms with E-state index in [9.17, 15) is 0 Å². The Morgan fingerprint density at radius 1 is 0.594 bits per heavy atom. The molecule has 0 radical (unpaired) electrons. The molecule has 4 nitrogen and oxygen atoms in total. The molecule has 0 unspecified atom stereocenters. The summed E-state index contributed by atoms with van der Waals surface area (Å²) in [6, 6.07) is 3.89. The van der Waals surface area contributed by atoms with Crippen LogP contribution in [0.5, 0.6) is 0 Å². The fraction of sp³-hybridized carbons (Fsp3) is 1.00.